The van der Waals surface area contributed by atoms with Gasteiger partial charge in [0.15, 0.2) is 0 Å². The van der Waals surface area contributed by atoms with E-state index >= 15 is 0 Å². The average Bonchev–Trinajstić information content (AvgIpc) is 3.28. The molecule has 6 nitrogen and oxygen atoms in total. The van der Waals surface area contributed by atoms with E-state index in [-0.39, 0.29) is 35.2 Å². The van der Waals surface area contributed by atoms with E-state index in [0.717, 1.165) is 10.1 Å². The second-order valence-corrected chi connectivity index (χ2v) is 9.02. The van der Waals surface area contributed by atoms with Gasteiger partial charge in [-0.25, -0.2) is 9.18 Å². The SMILES string of the molecule is NC(Cn1c(=O)c(-c2ccccc2Cl)c2n(c1=O)C(c1c(F)cccc1Cl)CO2)c1ccccc1. The molecule has 35 heavy (non-hydrogen) atoms. The van der Waals surface area contributed by atoms with Crippen LogP contribution in [0.25, 0.3) is 11.1 Å². The van der Waals surface area contributed by atoms with Crippen LogP contribution in [0, 0.1) is 5.82 Å². The molecular weight excluding hydrogens is 492 g/mol. The second-order valence-electron chi connectivity index (χ2n) is 8.21. The number of nitrogens with two attached hydrogens (primary N) is 1. The zero-order valence-corrected chi connectivity index (χ0v) is 19.8. The number of rotatable bonds is 5. The molecule has 5 rings (SSSR count). The third kappa shape index (κ3) is 4.05. The van der Waals surface area contributed by atoms with Gasteiger partial charge < -0.3 is 10.5 Å². The summed E-state index contributed by atoms with van der Waals surface area (Å²) in [4.78, 5) is 27.4. The molecule has 2 atom stereocenters. The second kappa shape index (κ2) is 9.34. The lowest BCUT2D eigenvalue weighted by Gasteiger charge is -2.19. The maximum Gasteiger partial charge on any atom is 0.334 e. The molecule has 9 heteroatoms. The molecule has 0 saturated carbocycles. The number of hydrogen-bond acceptors (Lipinski definition) is 4. The van der Waals surface area contributed by atoms with Crippen LogP contribution in [0.4, 0.5) is 4.39 Å². The molecule has 2 heterocycles. The lowest BCUT2D eigenvalue weighted by atomic mass is 10.1. The topological polar surface area (TPSA) is 79.2 Å². The highest BCUT2D eigenvalue weighted by Crippen LogP contribution is 2.40. The van der Waals surface area contributed by atoms with Gasteiger partial charge >= 0.3 is 5.69 Å². The fourth-order valence-corrected chi connectivity index (χ4v) is 4.92. The van der Waals surface area contributed by atoms with Crippen LogP contribution >= 0.6 is 23.2 Å². The summed E-state index contributed by atoms with van der Waals surface area (Å²) in [7, 11) is 0. The first-order valence-corrected chi connectivity index (χ1v) is 11.7. The number of hydrogen-bond donors (Lipinski definition) is 1. The van der Waals surface area contributed by atoms with Gasteiger partial charge in [0.1, 0.15) is 24.0 Å². The molecule has 0 aliphatic carbocycles. The first-order valence-electron chi connectivity index (χ1n) is 10.9. The molecule has 3 aromatic carbocycles. The van der Waals surface area contributed by atoms with E-state index in [1.807, 2.05) is 30.3 Å². The Morgan fingerprint density at radius 1 is 0.971 bits per heavy atom. The first-order chi connectivity index (χ1) is 16.9. The Kier molecular flexibility index (Phi) is 6.23. The van der Waals surface area contributed by atoms with Crippen LogP contribution in [0.1, 0.15) is 23.2 Å². The lowest BCUT2D eigenvalue weighted by Crippen LogP contribution is -2.43. The molecule has 178 valence electrons. The maximum absolute atomic E-state index is 14.9. The molecule has 0 spiro atoms. The summed E-state index contributed by atoms with van der Waals surface area (Å²) in [5.41, 5.74) is 6.47. The molecule has 2 unspecified atom stereocenters. The smallest absolute Gasteiger partial charge is 0.334 e. The van der Waals surface area contributed by atoms with E-state index in [2.05, 4.69) is 0 Å². The van der Waals surface area contributed by atoms with Crippen molar-refractivity contribution in [2.75, 3.05) is 6.61 Å². The fraction of sp³-hybridized carbons (Fsp3) is 0.154. The predicted octanol–water partition coefficient (Wildman–Crippen LogP) is 4.80. The van der Waals surface area contributed by atoms with Gasteiger partial charge in [0.05, 0.1) is 6.54 Å². The molecule has 1 aliphatic heterocycles. The number of fused-ring (bicyclic) bond motifs is 1. The number of ether oxygens (including phenoxy) is 1. The molecule has 2 N–H and O–H groups in total. The van der Waals surface area contributed by atoms with Gasteiger partial charge in [-0.05, 0) is 23.8 Å². The van der Waals surface area contributed by atoms with E-state index in [9.17, 15) is 14.0 Å². The van der Waals surface area contributed by atoms with Crippen molar-refractivity contribution in [3.63, 3.8) is 0 Å². The molecular formula is C26H20Cl2FN3O3. The van der Waals surface area contributed by atoms with Gasteiger partial charge in [0.25, 0.3) is 5.56 Å². The third-order valence-corrected chi connectivity index (χ3v) is 6.76. The van der Waals surface area contributed by atoms with Crippen molar-refractivity contribution in [1.29, 1.82) is 0 Å². The molecule has 4 aromatic rings. The Morgan fingerprint density at radius 2 is 1.66 bits per heavy atom. The quantitative estimate of drug-likeness (QED) is 0.417. The van der Waals surface area contributed by atoms with E-state index in [1.165, 1.54) is 16.7 Å². The average molecular weight is 512 g/mol. The van der Waals surface area contributed by atoms with Crippen molar-refractivity contribution < 1.29 is 9.13 Å². The molecule has 1 aliphatic rings. The fourth-order valence-electron chi connectivity index (χ4n) is 4.40. The minimum atomic E-state index is -0.882. The molecule has 0 bridgehead atoms. The Hall–Kier alpha value is -3.39. The van der Waals surface area contributed by atoms with Crippen molar-refractivity contribution in [3.8, 4) is 17.0 Å². The van der Waals surface area contributed by atoms with Crippen LogP contribution in [-0.4, -0.2) is 15.7 Å². The van der Waals surface area contributed by atoms with Crippen LogP contribution in [0.15, 0.2) is 82.4 Å². The summed E-state index contributed by atoms with van der Waals surface area (Å²) in [6.45, 7) is -0.182. The first kappa shape index (κ1) is 23.4. The molecule has 1 aromatic heterocycles. The van der Waals surface area contributed by atoms with E-state index < -0.39 is 29.1 Å². The number of aromatic nitrogens is 2. The summed E-state index contributed by atoms with van der Waals surface area (Å²) in [5.74, 6) is -0.564. The highest BCUT2D eigenvalue weighted by molar-refractivity contribution is 6.33. The van der Waals surface area contributed by atoms with Crippen LogP contribution in [0.2, 0.25) is 10.0 Å². The van der Waals surface area contributed by atoms with Crippen LogP contribution in [0.3, 0.4) is 0 Å². The van der Waals surface area contributed by atoms with Crippen molar-refractivity contribution >= 4 is 23.2 Å². The van der Waals surface area contributed by atoms with Gasteiger partial charge in [-0.2, -0.15) is 0 Å². The van der Waals surface area contributed by atoms with Gasteiger partial charge in [0.2, 0.25) is 5.88 Å². The predicted molar refractivity (Wildman–Crippen MR) is 134 cm³/mol. The lowest BCUT2D eigenvalue weighted by molar-refractivity contribution is 0.340. The Morgan fingerprint density at radius 3 is 2.37 bits per heavy atom. The Bertz CT molecular complexity index is 1520. The van der Waals surface area contributed by atoms with Crippen molar-refractivity contribution in [1.82, 2.24) is 9.13 Å². The van der Waals surface area contributed by atoms with Crippen LogP contribution in [0.5, 0.6) is 5.88 Å². The largest absolute Gasteiger partial charge is 0.476 e. The van der Waals surface area contributed by atoms with Gasteiger partial charge in [0, 0.05) is 27.2 Å². The van der Waals surface area contributed by atoms with Gasteiger partial charge in [-0.3, -0.25) is 13.9 Å². The van der Waals surface area contributed by atoms with Gasteiger partial charge in [-0.15, -0.1) is 0 Å². The minimum absolute atomic E-state index is 0.0157. The van der Waals surface area contributed by atoms with Crippen molar-refractivity contribution in [2.45, 2.75) is 18.6 Å². The Balaban J connectivity index is 1.77. The van der Waals surface area contributed by atoms with E-state index in [1.54, 1.807) is 30.3 Å². The zero-order valence-electron chi connectivity index (χ0n) is 18.3. The van der Waals surface area contributed by atoms with Gasteiger partial charge in [-0.1, -0.05) is 77.8 Å². The molecule has 0 radical (unpaired) electrons. The summed E-state index contributed by atoms with van der Waals surface area (Å²) in [6.07, 6.45) is 0. The summed E-state index contributed by atoms with van der Waals surface area (Å²) >= 11 is 12.8. The summed E-state index contributed by atoms with van der Waals surface area (Å²) < 4.78 is 23.0. The van der Waals surface area contributed by atoms with E-state index in [4.69, 9.17) is 33.7 Å². The molecule has 0 saturated heterocycles. The number of nitrogens with zero attached hydrogens (tertiary/aromatic N) is 2. The number of halogens is 3. The number of benzene rings is 3. The highest BCUT2D eigenvalue weighted by Gasteiger charge is 2.36. The monoisotopic (exact) mass is 511 g/mol. The molecule has 0 amide bonds. The van der Waals surface area contributed by atoms with Crippen LogP contribution < -0.4 is 21.7 Å². The van der Waals surface area contributed by atoms with Crippen LogP contribution in [-0.2, 0) is 6.54 Å². The summed E-state index contributed by atoms with van der Waals surface area (Å²) in [6, 6.07) is 18.7. The van der Waals surface area contributed by atoms with Crippen molar-refractivity contribution in [2.24, 2.45) is 5.73 Å². The minimum Gasteiger partial charge on any atom is -0.476 e. The Labute approximate surface area is 209 Å². The third-order valence-electron chi connectivity index (χ3n) is 6.10. The molecule has 0 fully saturated rings. The zero-order chi connectivity index (χ0) is 24.7. The standard InChI is InChI=1S/C26H20Cl2FN3O3/c27-17-10-5-4-9-16(17)22-24(33)31(13-20(30)15-7-2-1-3-8-15)26(34)32-21(14-35-25(22)32)23-18(28)11-6-12-19(23)29/h1-12,20-21H,13-14,30H2. The van der Waals surface area contributed by atoms with Crippen molar-refractivity contribution in [3.05, 3.63) is 121 Å². The normalized spacial score (nSPS) is 15.5. The van der Waals surface area contributed by atoms with E-state index in [0.29, 0.717) is 10.6 Å². The highest BCUT2D eigenvalue weighted by atomic mass is 35.5. The summed E-state index contributed by atoms with van der Waals surface area (Å²) in [5, 5.41) is 0.456. The maximum atomic E-state index is 14.9.